The van der Waals surface area contributed by atoms with E-state index in [4.69, 9.17) is 18.9 Å². The third-order valence-electron chi connectivity index (χ3n) is 4.67. The van der Waals surface area contributed by atoms with Gasteiger partial charge in [-0.25, -0.2) is 0 Å². The topological polar surface area (TPSA) is 97.1 Å². The first kappa shape index (κ1) is 21.6. The van der Waals surface area contributed by atoms with Gasteiger partial charge in [-0.1, -0.05) is 32.9 Å². The van der Waals surface area contributed by atoms with Gasteiger partial charge in [-0.05, 0) is 23.1 Å². The zero-order valence-electron chi connectivity index (χ0n) is 17.3. The van der Waals surface area contributed by atoms with Gasteiger partial charge in [0.15, 0.2) is 6.79 Å². The number of fused-ring (bicyclic) bond motifs is 1. The second kappa shape index (κ2) is 9.13. The molecule has 1 aliphatic rings. The Hall–Kier alpha value is -3.13. The van der Waals surface area contributed by atoms with Crippen LogP contribution in [0.4, 0.5) is 5.69 Å². The standard InChI is InChI=1S/C22H25NO7/c1-22(2,3)17-4-6-19(7-5-17)28-9-8-20(24)29-13-16-11-18(23(25)26)10-15-12-27-14-30-21(15)16/h4-7,10-11H,8-9,12-14H2,1-3H3. The van der Waals surface area contributed by atoms with Crippen LogP contribution in [0, 0.1) is 10.1 Å². The van der Waals surface area contributed by atoms with E-state index in [1.807, 2.05) is 24.3 Å². The van der Waals surface area contributed by atoms with Gasteiger partial charge in [-0.2, -0.15) is 0 Å². The first-order valence-electron chi connectivity index (χ1n) is 9.64. The molecule has 160 valence electrons. The number of esters is 1. The van der Waals surface area contributed by atoms with Gasteiger partial charge in [-0.3, -0.25) is 14.9 Å². The van der Waals surface area contributed by atoms with E-state index in [-0.39, 0.29) is 44.1 Å². The molecule has 0 unspecified atom stereocenters. The van der Waals surface area contributed by atoms with Gasteiger partial charge < -0.3 is 18.9 Å². The second-order valence-corrected chi connectivity index (χ2v) is 7.99. The molecule has 8 nitrogen and oxygen atoms in total. The Morgan fingerprint density at radius 2 is 1.93 bits per heavy atom. The highest BCUT2D eigenvalue weighted by Gasteiger charge is 2.22. The molecule has 30 heavy (non-hydrogen) atoms. The maximum atomic E-state index is 12.1. The van der Waals surface area contributed by atoms with Crippen LogP contribution in [0.2, 0.25) is 0 Å². The van der Waals surface area contributed by atoms with E-state index in [1.54, 1.807) is 0 Å². The summed E-state index contributed by atoms with van der Waals surface area (Å²) in [7, 11) is 0. The fraction of sp³-hybridized carbons (Fsp3) is 0.409. The SMILES string of the molecule is CC(C)(C)c1ccc(OCCC(=O)OCc2cc([N+](=O)[O-])cc3c2OCOC3)cc1. The lowest BCUT2D eigenvalue weighted by molar-refractivity contribution is -0.385. The Kier molecular flexibility index (Phi) is 6.56. The van der Waals surface area contributed by atoms with E-state index >= 15 is 0 Å². The molecule has 0 radical (unpaired) electrons. The number of hydrogen-bond donors (Lipinski definition) is 0. The number of nitro groups is 1. The van der Waals surface area contributed by atoms with E-state index in [0.29, 0.717) is 22.6 Å². The maximum absolute atomic E-state index is 12.1. The van der Waals surface area contributed by atoms with Crippen LogP contribution < -0.4 is 9.47 Å². The Balaban J connectivity index is 1.52. The summed E-state index contributed by atoms with van der Waals surface area (Å²) in [6.45, 7) is 6.71. The minimum absolute atomic E-state index is 0.0492. The molecule has 1 heterocycles. The van der Waals surface area contributed by atoms with Crippen molar-refractivity contribution in [2.45, 2.75) is 45.8 Å². The summed E-state index contributed by atoms with van der Waals surface area (Å²) in [5.74, 6) is 0.681. The summed E-state index contributed by atoms with van der Waals surface area (Å²) < 4.78 is 21.5. The number of rotatable bonds is 7. The molecule has 2 aromatic carbocycles. The van der Waals surface area contributed by atoms with Gasteiger partial charge in [0.05, 0.1) is 24.6 Å². The van der Waals surface area contributed by atoms with Crippen molar-refractivity contribution in [3.8, 4) is 11.5 Å². The molecule has 0 amide bonds. The molecule has 0 fully saturated rings. The average Bonchev–Trinajstić information content (AvgIpc) is 2.71. The highest BCUT2D eigenvalue weighted by Crippen LogP contribution is 2.33. The summed E-state index contributed by atoms with van der Waals surface area (Å²) in [5, 5.41) is 11.1. The van der Waals surface area contributed by atoms with Crippen molar-refractivity contribution in [3.63, 3.8) is 0 Å². The first-order chi connectivity index (χ1) is 14.2. The number of carbonyl (C=O) groups is 1. The largest absolute Gasteiger partial charge is 0.493 e. The van der Waals surface area contributed by atoms with Crippen molar-refractivity contribution in [2.24, 2.45) is 0 Å². The summed E-state index contributed by atoms with van der Waals surface area (Å²) in [4.78, 5) is 22.7. The van der Waals surface area contributed by atoms with Crippen LogP contribution >= 0.6 is 0 Å². The molecule has 3 rings (SSSR count). The third kappa shape index (κ3) is 5.48. The number of carbonyl (C=O) groups excluding carboxylic acids is 1. The smallest absolute Gasteiger partial charge is 0.309 e. The molecule has 0 saturated carbocycles. The molecule has 0 aliphatic carbocycles. The quantitative estimate of drug-likeness (QED) is 0.378. The van der Waals surface area contributed by atoms with Crippen LogP contribution in [-0.4, -0.2) is 24.3 Å². The molecule has 1 aliphatic heterocycles. The highest BCUT2D eigenvalue weighted by molar-refractivity contribution is 5.69. The zero-order chi connectivity index (χ0) is 21.7. The van der Waals surface area contributed by atoms with E-state index < -0.39 is 10.9 Å². The number of ether oxygens (including phenoxy) is 4. The van der Waals surface area contributed by atoms with Crippen molar-refractivity contribution >= 4 is 11.7 Å². The molecule has 0 atom stereocenters. The first-order valence-corrected chi connectivity index (χ1v) is 9.64. The third-order valence-corrected chi connectivity index (χ3v) is 4.67. The predicted molar refractivity (Wildman–Crippen MR) is 108 cm³/mol. The Bertz CT molecular complexity index is 916. The van der Waals surface area contributed by atoms with Crippen LogP contribution in [0.25, 0.3) is 0 Å². The van der Waals surface area contributed by atoms with E-state index in [0.717, 1.165) is 0 Å². The molecule has 8 heteroatoms. The Morgan fingerprint density at radius 1 is 1.20 bits per heavy atom. The summed E-state index contributed by atoms with van der Waals surface area (Å²) in [5.41, 5.74) is 2.15. The monoisotopic (exact) mass is 415 g/mol. The molecular weight excluding hydrogens is 390 g/mol. The van der Waals surface area contributed by atoms with Gasteiger partial charge in [0, 0.05) is 23.3 Å². The normalized spacial score (nSPS) is 13.2. The van der Waals surface area contributed by atoms with Crippen LogP contribution in [0.1, 0.15) is 43.9 Å². The van der Waals surface area contributed by atoms with Crippen molar-refractivity contribution in [3.05, 3.63) is 63.2 Å². The summed E-state index contributed by atoms with van der Waals surface area (Å²) in [6.07, 6.45) is 0.0576. The lowest BCUT2D eigenvalue weighted by Crippen LogP contribution is -2.15. The van der Waals surface area contributed by atoms with Crippen molar-refractivity contribution in [1.82, 2.24) is 0 Å². The molecule has 2 aromatic rings. The van der Waals surface area contributed by atoms with E-state index in [9.17, 15) is 14.9 Å². The van der Waals surface area contributed by atoms with E-state index in [1.165, 1.54) is 17.7 Å². The lowest BCUT2D eigenvalue weighted by atomic mass is 9.87. The highest BCUT2D eigenvalue weighted by atomic mass is 16.7. The van der Waals surface area contributed by atoms with E-state index in [2.05, 4.69) is 20.8 Å². The lowest BCUT2D eigenvalue weighted by Gasteiger charge is -2.20. The fourth-order valence-electron chi connectivity index (χ4n) is 3.03. The number of hydrogen-bond acceptors (Lipinski definition) is 7. The zero-order valence-corrected chi connectivity index (χ0v) is 17.3. The van der Waals surface area contributed by atoms with Crippen molar-refractivity contribution in [1.29, 1.82) is 0 Å². The number of benzene rings is 2. The van der Waals surface area contributed by atoms with Crippen LogP contribution in [0.5, 0.6) is 11.5 Å². The minimum atomic E-state index is -0.501. The van der Waals surface area contributed by atoms with Gasteiger partial charge >= 0.3 is 5.97 Å². The van der Waals surface area contributed by atoms with Crippen molar-refractivity contribution < 1.29 is 28.7 Å². The molecular formula is C22H25NO7. The number of non-ortho nitro benzene ring substituents is 1. The van der Waals surface area contributed by atoms with Crippen molar-refractivity contribution in [2.75, 3.05) is 13.4 Å². The Morgan fingerprint density at radius 3 is 2.60 bits per heavy atom. The molecule has 0 aromatic heterocycles. The maximum Gasteiger partial charge on any atom is 0.309 e. The molecule has 0 bridgehead atoms. The van der Waals surface area contributed by atoms with Crippen LogP contribution in [-0.2, 0) is 32.9 Å². The van der Waals surface area contributed by atoms with Crippen LogP contribution in [0.3, 0.4) is 0 Å². The summed E-state index contributed by atoms with van der Waals surface area (Å²) in [6, 6.07) is 10.5. The van der Waals surface area contributed by atoms with Gasteiger partial charge in [0.2, 0.25) is 0 Å². The van der Waals surface area contributed by atoms with Gasteiger partial charge in [-0.15, -0.1) is 0 Å². The second-order valence-electron chi connectivity index (χ2n) is 7.99. The number of nitrogens with zero attached hydrogens (tertiary/aromatic N) is 1. The summed E-state index contributed by atoms with van der Waals surface area (Å²) >= 11 is 0. The molecule has 0 spiro atoms. The number of nitro benzene ring substituents is 1. The minimum Gasteiger partial charge on any atom is -0.493 e. The molecule has 0 saturated heterocycles. The average molecular weight is 415 g/mol. The van der Waals surface area contributed by atoms with Gasteiger partial charge in [0.25, 0.3) is 5.69 Å². The predicted octanol–water partition coefficient (Wildman–Crippen LogP) is 4.27. The van der Waals surface area contributed by atoms with Crippen LogP contribution in [0.15, 0.2) is 36.4 Å². The Labute approximate surface area is 174 Å². The molecule has 0 N–H and O–H groups in total. The van der Waals surface area contributed by atoms with Gasteiger partial charge in [0.1, 0.15) is 18.1 Å². The fourth-order valence-corrected chi connectivity index (χ4v) is 3.03.